The molecule has 0 atom stereocenters. The Morgan fingerprint density at radius 2 is 0.938 bits per heavy atom. The van der Waals surface area contributed by atoms with Crippen molar-refractivity contribution in [2.75, 3.05) is 0 Å². The van der Waals surface area contributed by atoms with Crippen molar-refractivity contribution in [3.8, 4) is 45.0 Å². The second-order valence-corrected chi connectivity index (χ2v) is 17.9. The van der Waals surface area contributed by atoms with Crippen LogP contribution < -0.4 is 0 Å². The van der Waals surface area contributed by atoms with Crippen LogP contribution in [0.3, 0.4) is 0 Å². The molecule has 0 fully saturated rings. The van der Waals surface area contributed by atoms with Crippen LogP contribution in [-0.4, -0.2) is 9.97 Å². The van der Waals surface area contributed by atoms with Crippen LogP contribution >= 0.6 is 11.3 Å². The second kappa shape index (κ2) is 13.7. The first-order valence-corrected chi connectivity index (χ1v) is 22.5. The Hall–Kier alpha value is -8.18. The number of hydrogen-bond donors (Lipinski definition) is 0. The number of nitrogens with zero attached hydrogens (tertiary/aromatic N) is 2. The Balaban J connectivity index is 0.968. The van der Waals surface area contributed by atoms with Crippen LogP contribution in [0, 0.1) is 0 Å². The van der Waals surface area contributed by atoms with Gasteiger partial charge >= 0.3 is 0 Å². The van der Waals surface area contributed by atoms with Gasteiger partial charge in [0.2, 0.25) is 0 Å². The Kier molecular flexibility index (Phi) is 7.56. The lowest BCUT2D eigenvalue weighted by molar-refractivity contribution is 0.672. The maximum atomic E-state index is 6.48. The van der Waals surface area contributed by atoms with E-state index in [9.17, 15) is 0 Å². The molecule has 3 nitrogen and oxygen atoms in total. The lowest BCUT2D eigenvalue weighted by Gasteiger charge is -2.15. The maximum Gasteiger partial charge on any atom is 0.160 e. The fourth-order valence-electron chi connectivity index (χ4n) is 10.2. The number of benzene rings is 11. The summed E-state index contributed by atoms with van der Waals surface area (Å²) < 4.78 is 9.10. The zero-order chi connectivity index (χ0) is 41.9. The van der Waals surface area contributed by atoms with Crippen molar-refractivity contribution in [1.29, 1.82) is 0 Å². The van der Waals surface area contributed by atoms with Gasteiger partial charge in [-0.1, -0.05) is 158 Å². The van der Waals surface area contributed by atoms with Crippen LogP contribution in [0.5, 0.6) is 0 Å². The summed E-state index contributed by atoms with van der Waals surface area (Å²) in [5.74, 6) is 0.671. The molecular weight excluding hydrogens is 797 g/mol. The average Bonchev–Trinajstić information content (AvgIpc) is 3.94. The molecule has 0 amide bonds. The molecule has 3 heterocycles. The van der Waals surface area contributed by atoms with Crippen molar-refractivity contribution >= 4 is 107 Å². The van der Waals surface area contributed by atoms with E-state index >= 15 is 0 Å². The largest absolute Gasteiger partial charge is 0.455 e. The molecule has 14 aromatic rings. The number of fused-ring (bicyclic) bond motifs is 16. The van der Waals surface area contributed by atoms with Gasteiger partial charge in [0, 0.05) is 58.4 Å². The highest BCUT2D eigenvalue weighted by atomic mass is 32.1. The molecule has 0 saturated heterocycles. The van der Waals surface area contributed by atoms with Crippen LogP contribution in [0.1, 0.15) is 0 Å². The van der Waals surface area contributed by atoms with Gasteiger partial charge in [-0.25, -0.2) is 9.97 Å². The predicted octanol–water partition coefficient (Wildman–Crippen LogP) is 17.2. The average molecular weight is 831 g/mol. The van der Waals surface area contributed by atoms with Gasteiger partial charge in [0.15, 0.2) is 5.82 Å². The Morgan fingerprint density at radius 1 is 0.344 bits per heavy atom. The van der Waals surface area contributed by atoms with Crippen LogP contribution in [0.15, 0.2) is 211 Å². The van der Waals surface area contributed by atoms with E-state index in [2.05, 4.69) is 200 Å². The summed E-state index contributed by atoms with van der Waals surface area (Å²) in [7, 11) is 0. The molecular formula is C60H34N2OS. The van der Waals surface area contributed by atoms with E-state index in [-0.39, 0.29) is 0 Å². The van der Waals surface area contributed by atoms with E-state index in [1.807, 2.05) is 17.4 Å². The van der Waals surface area contributed by atoms with Crippen molar-refractivity contribution in [2.45, 2.75) is 0 Å². The molecule has 11 aromatic carbocycles. The first-order chi connectivity index (χ1) is 31.7. The normalized spacial score (nSPS) is 12.1. The van der Waals surface area contributed by atoms with Gasteiger partial charge in [-0.2, -0.15) is 0 Å². The second-order valence-electron chi connectivity index (χ2n) is 16.8. The van der Waals surface area contributed by atoms with E-state index in [1.165, 1.54) is 74.4 Å². The molecule has 64 heavy (non-hydrogen) atoms. The summed E-state index contributed by atoms with van der Waals surface area (Å²) in [4.78, 5) is 10.5. The molecule has 296 valence electrons. The molecule has 14 rings (SSSR count). The number of rotatable bonds is 4. The molecule has 0 saturated carbocycles. The highest BCUT2D eigenvalue weighted by Gasteiger charge is 2.21. The summed E-state index contributed by atoms with van der Waals surface area (Å²) in [5, 5.41) is 17.3. The Labute approximate surface area is 371 Å². The Bertz CT molecular complexity index is 4240. The SMILES string of the molecule is c1ccc(-c2cc(-c3ccc(-c4cc5c6ccccc6c6ccccc6c5c5sc6cc7ccccc7cc6c45)cc3)nc(-c3ccc4oc5c6ccccc6ccc5c4c3)n2)cc1. The smallest absolute Gasteiger partial charge is 0.160 e. The quantitative estimate of drug-likeness (QED) is 0.166. The van der Waals surface area contributed by atoms with Gasteiger partial charge in [-0.15, -0.1) is 11.3 Å². The van der Waals surface area contributed by atoms with E-state index in [4.69, 9.17) is 14.4 Å². The van der Waals surface area contributed by atoms with E-state index in [0.29, 0.717) is 5.82 Å². The fraction of sp³-hybridized carbons (Fsp3) is 0. The third-order valence-electron chi connectivity index (χ3n) is 13.2. The van der Waals surface area contributed by atoms with Crippen LogP contribution in [-0.2, 0) is 0 Å². The number of thiophene rings is 1. The van der Waals surface area contributed by atoms with Crippen LogP contribution in [0.25, 0.3) is 141 Å². The highest BCUT2D eigenvalue weighted by molar-refractivity contribution is 7.27. The molecule has 0 N–H and O–H groups in total. The summed E-state index contributed by atoms with van der Waals surface area (Å²) in [5.41, 5.74) is 8.91. The van der Waals surface area contributed by atoms with Gasteiger partial charge in [-0.3, -0.25) is 0 Å². The molecule has 0 aliphatic carbocycles. The monoisotopic (exact) mass is 830 g/mol. The van der Waals surface area contributed by atoms with Crippen molar-refractivity contribution < 1.29 is 4.42 Å². The molecule has 0 bridgehead atoms. The summed E-state index contributed by atoms with van der Waals surface area (Å²) >= 11 is 1.92. The zero-order valence-corrected chi connectivity index (χ0v) is 35.2. The number of furan rings is 1. The van der Waals surface area contributed by atoms with Crippen LogP contribution in [0.2, 0.25) is 0 Å². The molecule has 0 aliphatic rings. The van der Waals surface area contributed by atoms with E-state index in [0.717, 1.165) is 60.8 Å². The Morgan fingerprint density at radius 3 is 1.70 bits per heavy atom. The molecule has 0 unspecified atom stereocenters. The number of aromatic nitrogens is 2. The third kappa shape index (κ3) is 5.33. The van der Waals surface area contributed by atoms with Gasteiger partial charge in [0.05, 0.1) is 11.4 Å². The first kappa shape index (κ1) is 35.4. The highest BCUT2D eigenvalue weighted by Crippen LogP contribution is 2.49. The molecule has 3 aromatic heterocycles. The maximum absolute atomic E-state index is 6.48. The van der Waals surface area contributed by atoms with Gasteiger partial charge in [0.25, 0.3) is 0 Å². The summed E-state index contributed by atoms with van der Waals surface area (Å²) in [6.07, 6.45) is 0. The van der Waals surface area contributed by atoms with Gasteiger partial charge in [0.1, 0.15) is 11.2 Å². The minimum Gasteiger partial charge on any atom is -0.455 e. The fourth-order valence-corrected chi connectivity index (χ4v) is 11.5. The minimum absolute atomic E-state index is 0.671. The molecule has 0 radical (unpaired) electrons. The standard InChI is InChI=1S/C60H34N2OS/c1-2-13-37(14-3-1)52-34-53(62-60(61-52)41-27-29-54-49(31-41)47-28-26-35-12-6-7-17-42(35)58(47)63-54)38-24-22-36(23-25-38)48-33-50-45-20-9-8-18-43(45)44-19-10-11-21-46(44)56(50)59-57(48)51-30-39-15-4-5-16-40(39)32-55(51)64-59/h1-34H. The van der Waals surface area contributed by atoms with Crippen molar-refractivity contribution in [3.05, 3.63) is 206 Å². The molecule has 0 aliphatic heterocycles. The minimum atomic E-state index is 0.671. The predicted molar refractivity (Wildman–Crippen MR) is 271 cm³/mol. The zero-order valence-electron chi connectivity index (χ0n) is 34.3. The van der Waals surface area contributed by atoms with E-state index in [1.54, 1.807) is 0 Å². The van der Waals surface area contributed by atoms with Gasteiger partial charge in [-0.05, 0) is 103 Å². The van der Waals surface area contributed by atoms with Crippen LogP contribution in [0.4, 0.5) is 0 Å². The lowest BCUT2D eigenvalue weighted by Crippen LogP contribution is -1.96. The molecule has 0 spiro atoms. The van der Waals surface area contributed by atoms with Gasteiger partial charge < -0.3 is 4.42 Å². The summed E-state index contributed by atoms with van der Waals surface area (Å²) in [6.45, 7) is 0. The molecule has 4 heteroatoms. The van der Waals surface area contributed by atoms with Crippen molar-refractivity contribution in [2.24, 2.45) is 0 Å². The first-order valence-electron chi connectivity index (χ1n) is 21.7. The third-order valence-corrected chi connectivity index (χ3v) is 14.4. The van der Waals surface area contributed by atoms with Crippen molar-refractivity contribution in [3.63, 3.8) is 0 Å². The van der Waals surface area contributed by atoms with E-state index < -0.39 is 0 Å². The number of hydrogen-bond acceptors (Lipinski definition) is 4. The van der Waals surface area contributed by atoms with Crippen molar-refractivity contribution in [1.82, 2.24) is 9.97 Å². The lowest BCUT2D eigenvalue weighted by atomic mass is 9.89. The summed E-state index contributed by atoms with van der Waals surface area (Å²) in [6, 6.07) is 74.3. The topological polar surface area (TPSA) is 38.9 Å².